The summed E-state index contributed by atoms with van der Waals surface area (Å²) in [6.45, 7) is 3.99. The molecule has 8 heteroatoms. The van der Waals surface area contributed by atoms with Crippen molar-refractivity contribution in [2.45, 2.75) is 20.4 Å². The third-order valence-corrected chi connectivity index (χ3v) is 3.97. The Kier molecular flexibility index (Phi) is 5.78. The van der Waals surface area contributed by atoms with Crippen LogP contribution in [0.3, 0.4) is 0 Å². The third kappa shape index (κ3) is 4.06. The number of benzene rings is 1. The van der Waals surface area contributed by atoms with Crippen LogP contribution in [-0.2, 0) is 6.54 Å². The van der Waals surface area contributed by atoms with Crippen molar-refractivity contribution in [2.75, 3.05) is 6.61 Å². The number of hydrogen-bond donors (Lipinski definition) is 1. The number of rotatable bonds is 6. The number of carbonyl (C=O) groups is 1. The summed E-state index contributed by atoms with van der Waals surface area (Å²) >= 11 is 0. The fourth-order valence-electron chi connectivity index (χ4n) is 2.66. The van der Waals surface area contributed by atoms with Crippen LogP contribution < -0.4 is 15.5 Å². The van der Waals surface area contributed by atoms with E-state index in [1.165, 1.54) is 22.9 Å². The van der Waals surface area contributed by atoms with Gasteiger partial charge in [0.25, 0.3) is 5.91 Å². The Balaban J connectivity index is 1.88. The van der Waals surface area contributed by atoms with Crippen molar-refractivity contribution in [3.63, 3.8) is 0 Å². The monoisotopic (exact) mass is 382 g/mol. The van der Waals surface area contributed by atoms with Crippen molar-refractivity contribution in [3.8, 4) is 11.6 Å². The number of ether oxygens (including phenoxy) is 1. The lowest BCUT2D eigenvalue weighted by Crippen LogP contribution is -2.32. The highest BCUT2D eigenvalue weighted by molar-refractivity contribution is 5.92. The zero-order chi connectivity index (χ0) is 20.1. The minimum Gasteiger partial charge on any atom is -0.478 e. The number of para-hydroxylation sites is 1. The first-order chi connectivity index (χ1) is 13.5. The number of pyridine rings is 1. The summed E-state index contributed by atoms with van der Waals surface area (Å²) in [5.74, 6) is -0.767. The summed E-state index contributed by atoms with van der Waals surface area (Å²) in [6, 6.07) is 10.7. The number of amides is 1. The van der Waals surface area contributed by atoms with Crippen LogP contribution in [0.4, 0.5) is 4.39 Å². The van der Waals surface area contributed by atoms with Crippen LogP contribution >= 0.6 is 0 Å². The molecule has 0 aliphatic rings. The fourth-order valence-corrected chi connectivity index (χ4v) is 2.66. The van der Waals surface area contributed by atoms with E-state index >= 15 is 0 Å². The molecule has 1 amide bonds. The molecule has 0 radical (unpaired) electrons. The van der Waals surface area contributed by atoms with Gasteiger partial charge in [0.15, 0.2) is 5.69 Å². The molecule has 0 aliphatic heterocycles. The fraction of sp³-hybridized carbons (Fsp3) is 0.200. The number of nitrogens with zero attached hydrogens (tertiary/aromatic N) is 3. The second kappa shape index (κ2) is 8.43. The maximum Gasteiger partial charge on any atom is 0.276 e. The van der Waals surface area contributed by atoms with E-state index in [0.29, 0.717) is 23.7 Å². The zero-order valence-electron chi connectivity index (χ0n) is 15.5. The SMILES string of the molecule is CCOc1ncccc1CNC(=O)c1nn(-c2ccccc2F)c(C)cc1=O. The summed E-state index contributed by atoms with van der Waals surface area (Å²) in [6.07, 6.45) is 1.59. The Morgan fingerprint density at radius 2 is 2.04 bits per heavy atom. The van der Waals surface area contributed by atoms with Gasteiger partial charge < -0.3 is 10.1 Å². The van der Waals surface area contributed by atoms with E-state index < -0.39 is 17.2 Å². The quantitative estimate of drug-likeness (QED) is 0.708. The van der Waals surface area contributed by atoms with E-state index in [1.807, 2.05) is 6.92 Å². The van der Waals surface area contributed by atoms with Gasteiger partial charge in [-0.1, -0.05) is 18.2 Å². The van der Waals surface area contributed by atoms with Crippen LogP contribution in [0.1, 0.15) is 28.7 Å². The van der Waals surface area contributed by atoms with E-state index in [4.69, 9.17) is 4.74 Å². The molecule has 1 N–H and O–H groups in total. The Morgan fingerprint density at radius 1 is 1.25 bits per heavy atom. The predicted octanol–water partition coefficient (Wildman–Crippen LogP) is 2.40. The van der Waals surface area contributed by atoms with Gasteiger partial charge in [-0.25, -0.2) is 14.1 Å². The van der Waals surface area contributed by atoms with Crippen molar-refractivity contribution >= 4 is 5.91 Å². The van der Waals surface area contributed by atoms with Crippen LogP contribution in [0.5, 0.6) is 5.88 Å². The summed E-state index contributed by atoms with van der Waals surface area (Å²) in [7, 11) is 0. The lowest BCUT2D eigenvalue weighted by atomic mass is 10.2. The second-order valence-corrected chi connectivity index (χ2v) is 5.95. The highest BCUT2D eigenvalue weighted by Crippen LogP contribution is 2.15. The third-order valence-electron chi connectivity index (χ3n) is 3.97. The Labute approximate surface area is 160 Å². The first-order valence-corrected chi connectivity index (χ1v) is 8.72. The topological polar surface area (TPSA) is 86.1 Å². The largest absolute Gasteiger partial charge is 0.478 e. The zero-order valence-corrected chi connectivity index (χ0v) is 15.5. The average Bonchev–Trinajstić information content (AvgIpc) is 2.68. The van der Waals surface area contributed by atoms with Gasteiger partial charge in [0.2, 0.25) is 11.3 Å². The molecule has 3 rings (SSSR count). The Morgan fingerprint density at radius 3 is 2.79 bits per heavy atom. The highest BCUT2D eigenvalue weighted by Gasteiger charge is 2.17. The number of hydrogen-bond acceptors (Lipinski definition) is 5. The minimum absolute atomic E-state index is 0.108. The number of aryl methyl sites for hydroxylation is 1. The first-order valence-electron chi connectivity index (χ1n) is 8.72. The molecule has 3 aromatic rings. The van der Waals surface area contributed by atoms with Gasteiger partial charge in [-0.3, -0.25) is 9.59 Å². The first kappa shape index (κ1) is 19.2. The van der Waals surface area contributed by atoms with Gasteiger partial charge in [0, 0.05) is 30.1 Å². The van der Waals surface area contributed by atoms with Crippen LogP contribution in [0.25, 0.3) is 5.69 Å². The van der Waals surface area contributed by atoms with Crippen molar-refractivity contribution in [3.05, 3.63) is 81.7 Å². The van der Waals surface area contributed by atoms with E-state index in [9.17, 15) is 14.0 Å². The van der Waals surface area contributed by atoms with E-state index in [1.54, 1.807) is 37.4 Å². The van der Waals surface area contributed by atoms with Crippen LogP contribution in [0.2, 0.25) is 0 Å². The lowest BCUT2D eigenvalue weighted by molar-refractivity contribution is 0.0942. The van der Waals surface area contributed by atoms with Crippen LogP contribution in [-0.4, -0.2) is 27.3 Å². The molecule has 7 nitrogen and oxygen atoms in total. The minimum atomic E-state index is -0.665. The maximum absolute atomic E-state index is 14.1. The predicted molar refractivity (Wildman–Crippen MR) is 101 cm³/mol. The van der Waals surface area contributed by atoms with Crippen molar-refractivity contribution in [1.29, 1.82) is 0 Å². The molecule has 2 aromatic heterocycles. The number of aromatic nitrogens is 3. The molecular weight excluding hydrogens is 363 g/mol. The van der Waals surface area contributed by atoms with E-state index in [2.05, 4.69) is 15.4 Å². The molecule has 0 unspecified atom stereocenters. The summed E-state index contributed by atoms with van der Waals surface area (Å²) in [5, 5.41) is 6.72. The van der Waals surface area contributed by atoms with E-state index in [-0.39, 0.29) is 17.9 Å². The van der Waals surface area contributed by atoms with Gasteiger partial charge in [-0.15, -0.1) is 0 Å². The molecule has 0 saturated carbocycles. The average molecular weight is 382 g/mol. The molecular formula is C20H19FN4O3. The smallest absolute Gasteiger partial charge is 0.276 e. The molecule has 2 heterocycles. The number of halogens is 1. The van der Waals surface area contributed by atoms with Crippen molar-refractivity contribution in [2.24, 2.45) is 0 Å². The summed E-state index contributed by atoms with van der Waals surface area (Å²) < 4.78 is 20.8. The van der Waals surface area contributed by atoms with Crippen molar-refractivity contribution in [1.82, 2.24) is 20.1 Å². The molecule has 144 valence electrons. The molecule has 0 spiro atoms. The van der Waals surface area contributed by atoms with Gasteiger partial charge >= 0.3 is 0 Å². The molecule has 0 aliphatic carbocycles. The van der Waals surface area contributed by atoms with Crippen molar-refractivity contribution < 1.29 is 13.9 Å². The molecule has 0 fully saturated rings. The van der Waals surface area contributed by atoms with Gasteiger partial charge in [-0.05, 0) is 32.0 Å². The Hall–Kier alpha value is -3.55. The number of nitrogens with one attached hydrogen (secondary N) is 1. The second-order valence-electron chi connectivity index (χ2n) is 5.95. The number of carbonyl (C=O) groups excluding carboxylic acids is 1. The molecule has 1 aromatic carbocycles. The van der Waals surface area contributed by atoms with Gasteiger partial charge in [-0.2, -0.15) is 5.10 Å². The highest BCUT2D eigenvalue weighted by atomic mass is 19.1. The standard InChI is InChI=1S/C20H19FN4O3/c1-3-28-20-14(7-6-10-22-20)12-23-19(27)18-17(26)11-13(2)25(24-18)16-9-5-4-8-15(16)21/h4-11H,3,12H2,1-2H3,(H,23,27). The van der Waals surface area contributed by atoms with Crippen LogP contribution in [0.15, 0.2) is 53.5 Å². The molecule has 28 heavy (non-hydrogen) atoms. The molecule has 0 atom stereocenters. The molecule has 0 bridgehead atoms. The normalized spacial score (nSPS) is 10.5. The van der Waals surface area contributed by atoms with E-state index in [0.717, 1.165) is 0 Å². The van der Waals surface area contributed by atoms with Gasteiger partial charge in [0.05, 0.1) is 6.61 Å². The lowest BCUT2D eigenvalue weighted by Gasteiger charge is -2.12. The van der Waals surface area contributed by atoms with Crippen LogP contribution in [0, 0.1) is 12.7 Å². The summed E-state index contributed by atoms with van der Waals surface area (Å²) in [4.78, 5) is 28.9. The molecule has 0 saturated heterocycles. The Bertz CT molecular complexity index is 1070. The maximum atomic E-state index is 14.1. The summed E-state index contributed by atoms with van der Waals surface area (Å²) in [5.41, 5.74) is 0.367. The van der Waals surface area contributed by atoms with Gasteiger partial charge in [0.1, 0.15) is 11.5 Å².